The summed E-state index contributed by atoms with van der Waals surface area (Å²) in [7, 11) is 0. The van der Waals surface area contributed by atoms with Gasteiger partial charge in [-0.2, -0.15) is 0 Å². The van der Waals surface area contributed by atoms with E-state index in [0.717, 1.165) is 20.8 Å². The van der Waals surface area contributed by atoms with Gasteiger partial charge in [-0.05, 0) is 20.8 Å². The van der Waals surface area contributed by atoms with Gasteiger partial charge in [-0.1, -0.05) is 0 Å². The van der Waals surface area contributed by atoms with Crippen LogP contribution in [0.15, 0.2) is 0 Å². The van der Waals surface area contributed by atoms with Gasteiger partial charge in [0.15, 0.2) is 0 Å². The van der Waals surface area contributed by atoms with Crippen LogP contribution in [0.3, 0.4) is 0 Å². The van der Waals surface area contributed by atoms with Gasteiger partial charge in [0.2, 0.25) is 0 Å². The molecule has 0 rings (SSSR count). The van der Waals surface area contributed by atoms with E-state index >= 15 is 0 Å². The Morgan fingerprint density at radius 2 is 0.737 bits per heavy atom. The molecule has 3 unspecified atom stereocenters. The molecule has 3 N–H and O–H groups in total. The molecule has 0 bridgehead atoms. The third kappa shape index (κ3) is 31.6. The molecule has 0 aromatic carbocycles. The molecular weight excluding hydrogens is 303 g/mol. The van der Waals surface area contributed by atoms with Gasteiger partial charge in [0.25, 0.3) is 0 Å². The first-order valence-electron chi connectivity index (χ1n) is 4.60. The van der Waals surface area contributed by atoms with E-state index in [-0.39, 0.29) is 18.6 Å². The van der Waals surface area contributed by atoms with Crippen LogP contribution in [-0.4, -0.2) is 51.5 Å². The molecule has 10 heteroatoms. The van der Waals surface area contributed by atoms with Gasteiger partial charge in [0, 0.05) is 18.6 Å². The zero-order chi connectivity index (χ0) is 15.5. The fraction of sp³-hybridized carbons (Fsp3) is 0.667. The Morgan fingerprint density at radius 1 is 0.684 bits per heavy atom. The summed E-state index contributed by atoms with van der Waals surface area (Å²) in [5, 5.41) is 51.9. The number of carbonyl (C=O) groups is 3. The Labute approximate surface area is 121 Å². The van der Waals surface area contributed by atoms with E-state index in [9.17, 15) is 29.7 Å². The van der Waals surface area contributed by atoms with E-state index in [4.69, 9.17) is 15.3 Å². The minimum atomic E-state index is -1.44. The van der Waals surface area contributed by atoms with Gasteiger partial charge in [-0.3, -0.25) is 0 Å². The van der Waals surface area contributed by atoms with Crippen molar-refractivity contribution in [2.45, 2.75) is 39.1 Å². The summed E-state index contributed by atoms with van der Waals surface area (Å²) in [4.78, 5) is 28.0. The number of hydrogen-bond donors (Lipinski definition) is 3. The smallest absolute Gasteiger partial charge is 0.0905 e. The number of aliphatic hydroxyl groups is 3. The number of aliphatic carboxylic acids is 3. The molecule has 0 heterocycles. The molecule has 0 aliphatic heterocycles. The maximum atomic E-state index is 9.34. The maximum Gasteiger partial charge on any atom is 0.0905 e. The van der Waals surface area contributed by atoms with Gasteiger partial charge in [0.05, 0.1) is 36.2 Å². The summed E-state index contributed by atoms with van der Waals surface area (Å²) in [5.74, 6) is -4.31. The summed E-state index contributed by atoms with van der Waals surface area (Å²) in [6.45, 7) is 3.40. The van der Waals surface area contributed by atoms with E-state index in [2.05, 4.69) is 0 Å². The van der Waals surface area contributed by atoms with Gasteiger partial charge >= 0.3 is 0 Å². The molecule has 19 heavy (non-hydrogen) atoms. The van der Waals surface area contributed by atoms with Crippen LogP contribution >= 0.6 is 0 Å². The minimum absolute atomic E-state index is 0. The van der Waals surface area contributed by atoms with Crippen LogP contribution in [0.25, 0.3) is 0 Å². The van der Waals surface area contributed by atoms with Crippen LogP contribution in [0.1, 0.15) is 20.8 Å². The average molecular weight is 318 g/mol. The predicted molar refractivity (Wildman–Crippen MR) is 50.1 cm³/mol. The molecular formula is C9H15O9V-3. The molecule has 3 atom stereocenters. The molecule has 0 aromatic rings. The summed E-state index contributed by atoms with van der Waals surface area (Å²) < 4.78 is 0. The number of hydrogen-bond acceptors (Lipinski definition) is 9. The van der Waals surface area contributed by atoms with Crippen LogP contribution < -0.4 is 15.3 Å². The Morgan fingerprint density at radius 3 is 0.737 bits per heavy atom. The maximum absolute atomic E-state index is 9.34. The van der Waals surface area contributed by atoms with Crippen LogP contribution in [-0.2, 0) is 32.9 Å². The molecule has 1 radical (unpaired) electrons. The van der Waals surface area contributed by atoms with E-state index < -0.39 is 36.2 Å². The average Bonchev–Trinajstić information content (AvgIpc) is 2.18. The summed E-state index contributed by atoms with van der Waals surface area (Å²) in [5.41, 5.74) is 0. The SMILES string of the molecule is CC(O)C(=O)[O-].CC(O)C(=O)[O-].CC(O)C(=O)[O-].[V]. The Balaban J connectivity index is -0.0000000865. The third-order valence-electron chi connectivity index (χ3n) is 1.02. The predicted octanol–water partition coefficient (Wildman–Crippen LogP) is -5.65. The quantitative estimate of drug-likeness (QED) is 0.456. The first kappa shape index (κ1) is 26.4. The van der Waals surface area contributed by atoms with Crippen LogP contribution in [0.2, 0.25) is 0 Å². The van der Waals surface area contributed by atoms with Crippen LogP contribution in [0, 0.1) is 0 Å². The molecule has 113 valence electrons. The van der Waals surface area contributed by atoms with Crippen molar-refractivity contribution in [1.82, 2.24) is 0 Å². The standard InChI is InChI=1S/3C3H6O3.V/c3*1-2(4)3(5)6;/h3*2,4H,1H3,(H,5,6);/p-3. The summed E-state index contributed by atoms with van der Waals surface area (Å²) in [6, 6.07) is 0. The number of carboxylic acid groups (broad SMARTS) is 3. The number of carbonyl (C=O) groups excluding carboxylic acids is 3. The Hall–Kier alpha value is -1.13. The molecule has 0 aliphatic carbocycles. The van der Waals surface area contributed by atoms with E-state index in [1.165, 1.54) is 0 Å². The summed E-state index contributed by atoms with van der Waals surface area (Å²) in [6.07, 6.45) is -4.03. The minimum Gasteiger partial charge on any atom is -0.547 e. The molecule has 0 amide bonds. The first-order valence-corrected chi connectivity index (χ1v) is 4.60. The normalized spacial score (nSPS) is 12.9. The first-order chi connectivity index (χ1) is 7.93. The van der Waals surface area contributed by atoms with Gasteiger partial charge < -0.3 is 45.0 Å². The Bertz CT molecular complexity index is 220. The third-order valence-corrected chi connectivity index (χ3v) is 1.02. The zero-order valence-corrected chi connectivity index (χ0v) is 11.9. The molecule has 0 saturated heterocycles. The van der Waals surface area contributed by atoms with Crippen molar-refractivity contribution < 1.29 is 63.6 Å². The van der Waals surface area contributed by atoms with Crippen LogP contribution in [0.5, 0.6) is 0 Å². The van der Waals surface area contributed by atoms with Gasteiger partial charge in [-0.15, -0.1) is 0 Å². The van der Waals surface area contributed by atoms with Crippen molar-refractivity contribution in [3.63, 3.8) is 0 Å². The second-order valence-electron chi connectivity index (χ2n) is 2.99. The van der Waals surface area contributed by atoms with Crippen molar-refractivity contribution in [3.05, 3.63) is 0 Å². The molecule has 9 nitrogen and oxygen atoms in total. The van der Waals surface area contributed by atoms with Gasteiger partial charge in [0.1, 0.15) is 0 Å². The molecule has 0 saturated carbocycles. The second-order valence-corrected chi connectivity index (χ2v) is 2.99. The van der Waals surface area contributed by atoms with Crippen molar-refractivity contribution in [2.24, 2.45) is 0 Å². The molecule has 0 aliphatic rings. The molecule has 0 spiro atoms. The van der Waals surface area contributed by atoms with Crippen molar-refractivity contribution in [1.29, 1.82) is 0 Å². The Kier molecular flexibility index (Phi) is 20.8. The topological polar surface area (TPSA) is 181 Å². The second kappa shape index (κ2) is 14.9. The number of carboxylic acids is 3. The van der Waals surface area contributed by atoms with Crippen molar-refractivity contribution >= 4 is 17.9 Å². The monoisotopic (exact) mass is 318 g/mol. The molecule has 0 aromatic heterocycles. The fourth-order valence-corrected chi connectivity index (χ4v) is 0. The van der Waals surface area contributed by atoms with E-state index in [0.29, 0.717) is 0 Å². The van der Waals surface area contributed by atoms with Crippen molar-refractivity contribution in [2.75, 3.05) is 0 Å². The van der Waals surface area contributed by atoms with Crippen LogP contribution in [0.4, 0.5) is 0 Å². The zero-order valence-electron chi connectivity index (χ0n) is 10.5. The molecule has 0 fully saturated rings. The van der Waals surface area contributed by atoms with E-state index in [1.807, 2.05) is 0 Å². The number of aliphatic hydroxyl groups excluding tert-OH is 3. The summed E-state index contributed by atoms with van der Waals surface area (Å²) >= 11 is 0. The van der Waals surface area contributed by atoms with Crippen molar-refractivity contribution in [3.8, 4) is 0 Å². The fourth-order valence-electron chi connectivity index (χ4n) is 0. The number of rotatable bonds is 3. The largest absolute Gasteiger partial charge is 0.547 e. The van der Waals surface area contributed by atoms with Gasteiger partial charge in [-0.25, -0.2) is 0 Å². The van der Waals surface area contributed by atoms with E-state index in [1.54, 1.807) is 0 Å².